The van der Waals surface area contributed by atoms with Crippen LogP contribution in [0, 0.1) is 5.82 Å². The first-order valence-electron chi connectivity index (χ1n) is 5.06. The van der Waals surface area contributed by atoms with Crippen molar-refractivity contribution in [3.8, 4) is 0 Å². The van der Waals surface area contributed by atoms with Gasteiger partial charge in [0.1, 0.15) is 5.82 Å². The van der Waals surface area contributed by atoms with Crippen LogP contribution in [0.2, 0.25) is 0 Å². The maximum atomic E-state index is 13.4. The lowest BCUT2D eigenvalue weighted by atomic mass is 10.2. The van der Waals surface area contributed by atoms with Gasteiger partial charge in [0, 0.05) is 35.4 Å². The molecule has 1 aromatic heterocycles. The Hall–Kier alpha value is -1.66. The fourth-order valence-corrected chi connectivity index (χ4v) is 2.02. The molecule has 1 aromatic carbocycles. The number of nitrogens with two attached hydrogens (primary N) is 1. The second-order valence-corrected chi connectivity index (χ2v) is 4.47. The number of aromatic amines is 1. The van der Waals surface area contributed by atoms with Crippen molar-refractivity contribution >= 4 is 17.0 Å². The zero-order chi connectivity index (χ0) is 12.3. The third-order valence-corrected chi connectivity index (χ3v) is 3.00. The first kappa shape index (κ1) is 11.8. The maximum absolute atomic E-state index is 13.4. The van der Waals surface area contributed by atoms with Crippen LogP contribution in [0.25, 0.3) is 0 Å². The summed E-state index contributed by atoms with van der Waals surface area (Å²) in [6.45, 7) is 0.895. The summed E-state index contributed by atoms with van der Waals surface area (Å²) in [5.41, 5.74) is 7.22. The van der Waals surface area contributed by atoms with Gasteiger partial charge in [-0.05, 0) is 12.1 Å². The first-order valence-corrected chi connectivity index (χ1v) is 5.94. The van der Waals surface area contributed by atoms with E-state index in [0.717, 1.165) is 17.0 Å². The predicted molar refractivity (Wildman–Crippen MR) is 66.3 cm³/mol. The molecule has 0 aliphatic rings. The van der Waals surface area contributed by atoms with Gasteiger partial charge in [0.15, 0.2) is 0 Å². The summed E-state index contributed by atoms with van der Waals surface area (Å²) in [4.78, 5) is 13.5. The van der Waals surface area contributed by atoms with Crippen molar-refractivity contribution < 1.29 is 4.39 Å². The van der Waals surface area contributed by atoms with E-state index in [4.69, 9.17) is 5.73 Å². The molecule has 0 unspecified atom stereocenters. The summed E-state index contributed by atoms with van der Waals surface area (Å²) in [5, 5.41) is 4.79. The molecule has 0 fully saturated rings. The van der Waals surface area contributed by atoms with Gasteiger partial charge in [0.2, 0.25) is 0 Å². The van der Waals surface area contributed by atoms with Gasteiger partial charge in [-0.3, -0.25) is 4.79 Å². The standard InChI is InChI=1S/C11H12FN3OS/c12-10-3-8(13)2-1-7(10)4-14-5-9-6-17-11(16)15-9/h1-3,6,14H,4-5,13H2,(H,15,16). The van der Waals surface area contributed by atoms with Crippen molar-refractivity contribution in [3.05, 3.63) is 50.3 Å². The van der Waals surface area contributed by atoms with Crippen molar-refractivity contribution in [2.24, 2.45) is 0 Å². The zero-order valence-corrected chi connectivity index (χ0v) is 9.81. The number of hydrogen-bond donors (Lipinski definition) is 3. The molecular formula is C11H12FN3OS. The number of nitrogen functional groups attached to an aromatic ring is 1. The largest absolute Gasteiger partial charge is 0.399 e. The second-order valence-electron chi connectivity index (χ2n) is 3.63. The molecule has 0 bridgehead atoms. The lowest BCUT2D eigenvalue weighted by molar-refractivity contribution is 0.587. The van der Waals surface area contributed by atoms with E-state index in [9.17, 15) is 9.18 Å². The summed E-state index contributed by atoms with van der Waals surface area (Å²) in [6, 6.07) is 4.60. The van der Waals surface area contributed by atoms with E-state index in [1.54, 1.807) is 17.5 Å². The summed E-state index contributed by atoms with van der Waals surface area (Å²) < 4.78 is 13.4. The van der Waals surface area contributed by atoms with Crippen LogP contribution in [0.5, 0.6) is 0 Å². The van der Waals surface area contributed by atoms with E-state index in [1.807, 2.05) is 0 Å². The fourth-order valence-electron chi connectivity index (χ4n) is 1.44. The molecular weight excluding hydrogens is 241 g/mol. The Labute approximate surface area is 101 Å². The highest BCUT2D eigenvalue weighted by atomic mass is 32.1. The molecule has 90 valence electrons. The molecule has 0 aliphatic carbocycles. The number of halogens is 1. The number of anilines is 1. The Kier molecular flexibility index (Phi) is 3.55. The van der Waals surface area contributed by atoms with Crippen molar-refractivity contribution in [2.75, 3.05) is 5.73 Å². The summed E-state index contributed by atoms with van der Waals surface area (Å²) in [7, 11) is 0. The highest BCUT2D eigenvalue weighted by molar-refractivity contribution is 7.07. The molecule has 0 spiro atoms. The lowest BCUT2D eigenvalue weighted by Crippen LogP contribution is -2.14. The molecule has 17 heavy (non-hydrogen) atoms. The number of benzene rings is 1. The van der Waals surface area contributed by atoms with Crippen LogP contribution in [0.15, 0.2) is 28.4 Å². The van der Waals surface area contributed by atoms with E-state index in [1.165, 1.54) is 6.07 Å². The normalized spacial score (nSPS) is 10.6. The molecule has 0 atom stereocenters. The topological polar surface area (TPSA) is 70.9 Å². The van der Waals surface area contributed by atoms with Crippen LogP contribution < -0.4 is 15.9 Å². The minimum atomic E-state index is -0.323. The van der Waals surface area contributed by atoms with Gasteiger partial charge in [0.05, 0.1) is 0 Å². The maximum Gasteiger partial charge on any atom is 0.304 e. The van der Waals surface area contributed by atoms with E-state index in [0.29, 0.717) is 24.3 Å². The first-order chi connectivity index (χ1) is 8.15. The summed E-state index contributed by atoms with van der Waals surface area (Å²) >= 11 is 1.11. The van der Waals surface area contributed by atoms with Crippen LogP contribution in [0.3, 0.4) is 0 Å². The van der Waals surface area contributed by atoms with Crippen molar-refractivity contribution in [2.45, 2.75) is 13.1 Å². The van der Waals surface area contributed by atoms with Crippen LogP contribution in [0.4, 0.5) is 10.1 Å². The lowest BCUT2D eigenvalue weighted by Gasteiger charge is -2.05. The molecule has 0 saturated heterocycles. The third kappa shape index (κ3) is 3.15. The number of thiazole rings is 1. The van der Waals surface area contributed by atoms with E-state index in [2.05, 4.69) is 10.3 Å². The van der Waals surface area contributed by atoms with Crippen LogP contribution >= 0.6 is 11.3 Å². The van der Waals surface area contributed by atoms with Gasteiger partial charge in [-0.15, -0.1) is 0 Å². The van der Waals surface area contributed by atoms with Crippen molar-refractivity contribution in [3.63, 3.8) is 0 Å². The Morgan fingerprint density at radius 3 is 2.88 bits per heavy atom. The van der Waals surface area contributed by atoms with Gasteiger partial charge in [-0.2, -0.15) is 0 Å². The molecule has 4 N–H and O–H groups in total. The Balaban J connectivity index is 1.92. The predicted octanol–water partition coefficient (Wildman–Crippen LogP) is 1.45. The Morgan fingerprint density at radius 1 is 1.41 bits per heavy atom. The molecule has 0 aliphatic heterocycles. The number of nitrogens with one attached hydrogen (secondary N) is 2. The van der Waals surface area contributed by atoms with Crippen LogP contribution in [0.1, 0.15) is 11.3 Å². The van der Waals surface area contributed by atoms with E-state index in [-0.39, 0.29) is 10.7 Å². The molecule has 2 rings (SSSR count). The molecule has 2 aromatic rings. The van der Waals surface area contributed by atoms with Crippen LogP contribution in [-0.4, -0.2) is 4.98 Å². The zero-order valence-electron chi connectivity index (χ0n) is 9.00. The van der Waals surface area contributed by atoms with Gasteiger partial charge in [0.25, 0.3) is 0 Å². The molecule has 0 amide bonds. The third-order valence-electron chi connectivity index (χ3n) is 2.28. The Morgan fingerprint density at radius 2 is 2.24 bits per heavy atom. The van der Waals surface area contributed by atoms with E-state index < -0.39 is 0 Å². The number of aromatic nitrogens is 1. The minimum absolute atomic E-state index is 0.0829. The monoisotopic (exact) mass is 253 g/mol. The highest BCUT2D eigenvalue weighted by Gasteiger charge is 2.02. The molecule has 4 nitrogen and oxygen atoms in total. The van der Waals surface area contributed by atoms with Gasteiger partial charge in [-0.1, -0.05) is 17.4 Å². The molecule has 0 saturated carbocycles. The van der Waals surface area contributed by atoms with Crippen LogP contribution in [-0.2, 0) is 13.1 Å². The van der Waals surface area contributed by atoms with Crippen molar-refractivity contribution in [1.82, 2.24) is 10.3 Å². The smallest absolute Gasteiger partial charge is 0.304 e. The van der Waals surface area contributed by atoms with Crippen molar-refractivity contribution in [1.29, 1.82) is 0 Å². The molecule has 6 heteroatoms. The minimum Gasteiger partial charge on any atom is -0.399 e. The number of rotatable bonds is 4. The quantitative estimate of drug-likeness (QED) is 0.722. The Bertz CT molecular complexity index is 564. The average molecular weight is 253 g/mol. The fraction of sp³-hybridized carbons (Fsp3) is 0.182. The van der Waals surface area contributed by atoms with Gasteiger partial charge >= 0.3 is 4.87 Å². The molecule has 0 radical (unpaired) electrons. The highest BCUT2D eigenvalue weighted by Crippen LogP contribution is 2.11. The number of H-pyrrole nitrogens is 1. The second kappa shape index (κ2) is 5.11. The number of hydrogen-bond acceptors (Lipinski definition) is 4. The summed E-state index contributed by atoms with van der Waals surface area (Å²) in [5.74, 6) is -0.323. The molecule has 1 heterocycles. The van der Waals surface area contributed by atoms with Gasteiger partial charge < -0.3 is 16.0 Å². The van der Waals surface area contributed by atoms with Gasteiger partial charge in [-0.25, -0.2) is 4.39 Å². The summed E-state index contributed by atoms with van der Waals surface area (Å²) in [6.07, 6.45) is 0. The SMILES string of the molecule is Nc1ccc(CNCc2csc(=O)[nH]2)c(F)c1. The average Bonchev–Trinajstić information content (AvgIpc) is 2.68. The van der Waals surface area contributed by atoms with E-state index >= 15 is 0 Å².